The van der Waals surface area contributed by atoms with Crippen molar-refractivity contribution in [2.24, 2.45) is 0 Å². The minimum absolute atomic E-state index is 0.0905. The average molecular weight is 679 g/mol. The molecule has 0 aliphatic carbocycles. The summed E-state index contributed by atoms with van der Waals surface area (Å²) in [6.07, 6.45) is -12.8. The third kappa shape index (κ3) is 6.93. The second kappa shape index (κ2) is 11.4. The summed E-state index contributed by atoms with van der Waals surface area (Å²) in [7, 11) is -10.9. The van der Waals surface area contributed by atoms with Gasteiger partial charge in [0.15, 0.2) is 0 Å². The van der Waals surface area contributed by atoms with Crippen LogP contribution in [0.4, 0.5) is 37.7 Å². The fourth-order valence-electron chi connectivity index (χ4n) is 4.32. The maximum atomic E-state index is 15.1. The molecule has 0 aromatic heterocycles. The Kier molecular flexibility index (Phi) is 8.49. The summed E-state index contributed by atoms with van der Waals surface area (Å²) in [5.74, 6) is -2.18. The SMILES string of the molecule is Nc1ccc(Oc2cc(C(c3cc(Oc4ccc(N)cc4)cc(S(=O)(=O)O)c3)(C(F)(F)F)C(F)(F)F)cc(S(=O)(=O)O)c2)cc1. The average Bonchev–Trinajstić information content (AvgIpc) is 2.89. The minimum atomic E-state index is -6.39. The molecule has 0 bridgehead atoms. The van der Waals surface area contributed by atoms with Crippen molar-refractivity contribution in [3.63, 3.8) is 0 Å². The van der Waals surface area contributed by atoms with E-state index in [4.69, 9.17) is 20.9 Å². The third-order valence-electron chi connectivity index (χ3n) is 6.30. The van der Waals surface area contributed by atoms with Crippen LogP contribution in [0.15, 0.2) is 94.7 Å². The predicted molar refractivity (Wildman–Crippen MR) is 147 cm³/mol. The summed E-state index contributed by atoms with van der Waals surface area (Å²) in [5.41, 5.74) is 2.62. The molecular weight excluding hydrogens is 658 g/mol. The monoisotopic (exact) mass is 678 g/mol. The Morgan fingerprint density at radius 2 is 0.822 bits per heavy atom. The molecule has 0 unspecified atom stereocenters. The van der Waals surface area contributed by atoms with Crippen molar-refractivity contribution in [2.75, 3.05) is 11.5 Å². The molecule has 10 nitrogen and oxygen atoms in total. The van der Waals surface area contributed by atoms with Gasteiger partial charge in [-0.25, -0.2) is 0 Å². The molecule has 6 N–H and O–H groups in total. The number of nitrogens with two attached hydrogens (primary N) is 2. The lowest BCUT2D eigenvalue weighted by atomic mass is 9.72. The van der Waals surface area contributed by atoms with Crippen molar-refractivity contribution in [3.8, 4) is 23.0 Å². The molecule has 0 spiro atoms. The molecule has 0 aliphatic rings. The number of alkyl halides is 6. The van der Waals surface area contributed by atoms with Crippen LogP contribution in [0.1, 0.15) is 11.1 Å². The van der Waals surface area contributed by atoms with Gasteiger partial charge in [-0.15, -0.1) is 0 Å². The van der Waals surface area contributed by atoms with Gasteiger partial charge in [0.1, 0.15) is 23.0 Å². The number of hydrogen-bond acceptors (Lipinski definition) is 8. The van der Waals surface area contributed by atoms with Crippen LogP contribution >= 0.6 is 0 Å². The number of nitrogen functional groups attached to an aromatic ring is 2. The fourth-order valence-corrected chi connectivity index (χ4v) is 5.40. The van der Waals surface area contributed by atoms with E-state index in [1.54, 1.807) is 0 Å². The maximum Gasteiger partial charge on any atom is 0.411 e. The van der Waals surface area contributed by atoms with Gasteiger partial charge in [-0.05, 0) is 83.9 Å². The molecule has 0 radical (unpaired) electrons. The van der Waals surface area contributed by atoms with Gasteiger partial charge in [0.2, 0.25) is 5.41 Å². The van der Waals surface area contributed by atoms with E-state index in [9.17, 15) is 25.9 Å². The van der Waals surface area contributed by atoms with E-state index in [1.165, 1.54) is 48.5 Å². The zero-order valence-corrected chi connectivity index (χ0v) is 23.8. The van der Waals surface area contributed by atoms with Gasteiger partial charge in [0.05, 0.1) is 9.79 Å². The van der Waals surface area contributed by atoms with E-state index in [-0.39, 0.29) is 47.1 Å². The second-order valence-corrected chi connectivity index (χ2v) is 12.3. The molecule has 240 valence electrons. The van der Waals surface area contributed by atoms with Gasteiger partial charge < -0.3 is 20.9 Å². The standard InChI is InChI=1S/C27H20F6N2O8S2/c28-26(29,30)25(27(31,32)33,15-9-21(13-23(11-15)44(36,37)38)42-19-5-1-17(34)2-6-19)16-10-22(14-24(12-16)45(39,40)41)43-20-7-3-18(35)4-8-20/h1-14H,34-35H2,(H,36,37,38)(H,39,40,41). The first kappa shape index (κ1) is 33.4. The van der Waals surface area contributed by atoms with Crippen LogP contribution < -0.4 is 20.9 Å². The summed E-state index contributed by atoms with van der Waals surface area (Å²) in [6, 6.07) is 10.9. The third-order valence-corrected chi connectivity index (χ3v) is 7.97. The molecule has 4 rings (SSSR count). The van der Waals surface area contributed by atoms with Crippen molar-refractivity contribution in [2.45, 2.75) is 27.6 Å². The largest absolute Gasteiger partial charge is 0.457 e. The van der Waals surface area contributed by atoms with Crippen LogP contribution in [-0.4, -0.2) is 38.3 Å². The van der Waals surface area contributed by atoms with Crippen LogP contribution in [0, 0.1) is 0 Å². The maximum absolute atomic E-state index is 15.1. The smallest absolute Gasteiger partial charge is 0.411 e. The zero-order valence-electron chi connectivity index (χ0n) is 22.2. The number of benzene rings is 4. The molecule has 0 atom stereocenters. The van der Waals surface area contributed by atoms with E-state index in [1.807, 2.05) is 0 Å². The quantitative estimate of drug-likeness (QED) is 0.0934. The Morgan fingerprint density at radius 1 is 0.511 bits per heavy atom. The Bertz CT molecular complexity index is 1800. The fraction of sp³-hybridized carbons (Fsp3) is 0.111. The molecule has 0 saturated carbocycles. The van der Waals surface area contributed by atoms with Crippen molar-refractivity contribution in [1.82, 2.24) is 0 Å². The first-order valence-corrected chi connectivity index (χ1v) is 15.0. The lowest BCUT2D eigenvalue weighted by Crippen LogP contribution is -2.55. The van der Waals surface area contributed by atoms with Crippen molar-refractivity contribution >= 4 is 31.6 Å². The van der Waals surface area contributed by atoms with Crippen molar-refractivity contribution in [3.05, 3.63) is 96.1 Å². The van der Waals surface area contributed by atoms with Gasteiger partial charge in [0, 0.05) is 23.5 Å². The molecule has 4 aromatic carbocycles. The molecule has 0 heterocycles. The van der Waals surface area contributed by atoms with Crippen LogP contribution in [0.5, 0.6) is 23.0 Å². The van der Waals surface area contributed by atoms with Gasteiger partial charge in [-0.3, -0.25) is 9.11 Å². The normalized spacial score (nSPS) is 13.0. The highest BCUT2D eigenvalue weighted by atomic mass is 32.2. The van der Waals surface area contributed by atoms with Crippen LogP contribution in [-0.2, 0) is 25.7 Å². The van der Waals surface area contributed by atoms with Gasteiger partial charge in [-0.1, -0.05) is 0 Å². The predicted octanol–water partition coefficient (Wildman–Crippen LogP) is 6.34. The highest BCUT2D eigenvalue weighted by molar-refractivity contribution is 7.86. The van der Waals surface area contributed by atoms with Gasteiger partial charge in [-0.2, -0.15) is 43.2 Å². The highest BCUT2D eigenvalue weighted by Gasteiger charge is 2.73. The van der Waals surface area contributed by atoms with E-state index in [0.717, 1.165) is 0 Å². The number of halogens is 6. The van der Waals surface area contributed by atoms with Crippen molar-refractivity contribution < 1.29 is 61.8 Å². The number of hydrogen-bond donors (Lipinski definition) is 4. The lowest BCUT2D eigenvalue weighted by molar-refractivity contribution is -0.288. The molecule has 0 saturated heterocycles. The summed E-state index contributed by atoms with van der Waals surface area (Å²) in [4.78, 5) is -2.85. The first-order valence-electron chi connectivity index (χ1n) is 12.1. The number of ether oxygens (including phenoxy) is 2. The first-order chi connectivity index (χ1) is 20.6. The lowest BCUT2D eigenvalue weighted by Gasteiger charge is -2.38. The summed E-state index contributed by atoms with van der Waals surface area (Å²) in [5, 5.41) is 0. The Balaban J connectivity index is 2.09. The van der Waals surface area contributed by atoms with Crippen LogP contribution in [0.2, 0.25) is 0 Å². The molecular formula is C27H20F6N2O8S2. The molecule has 0 amide bonds. The van der Waals surface area contributed by atoms with E-state index in [0.29, 0.717) is 12.1 Å². The molecule has 4 aromatic rings. The Labute approximate surface area is 251 Å². The van der Waals surface area contributed by atoms with Gasteiger partial charge >= 0.3 is 12.4 Å². The highest BCUT2D eigenvalue weighted by Crippen LogP contribution is 2.57. The zero-order chi connectivity index (χ0) is 33.6. The minimum Gasteiger partial charge on any atom is -0.457 e. The Morgan fingerprint density at radius 3 is 1.09 bits per heavy atom. The van der Waals surface area contributed by atoms with Crippen LogP contribution in [0.3, 0.4) is 0 Å². The van der Waals surface area contributed by atoms with E-state index < -0.39 is 70.4 Å². The number of anilines is 2. The molecule has 18 heteroatoms. The molecule has 0 aliphatic heterocycles. The Hall–Kier alpha value is -4.52. The summed E-state index contributed by atoms with van der Waals surface area (Å²) >= 11 is 0. The molecule has 0 fully saturated rings. The number of rotatable bonds is 8. The second-order valence-electron chi connectivity index (χ2n) is 9.42. The summed E-state index contributed by atoms with van der Waals surface area (Å²) in [6.45, 7) is 0. The van der Waals surface area contributed by atoms with Crippen LogP contribution in [0.25, 0.3) is 0 Å². The molecule has 45 heavy (non-hydrogen) atoms. The topological polar surface area (TPSA) is 179 Å². The van der Waals surface area contributed by atoms with Gasteiger partial charge in [0.25, 0.3) is 20.2 Å². The van der Waals surface area contributed by atoms with E-state index >= 15 is 26.3 Å². The van der Waals surface area contributed by atoms with E-state index in [2.05, 4.69) is 0 Å². The van der Waals surface area contributed by atoms with Crippen molar-refractivity contribution in [1.29, 1.82) is 0 Å². The summed E-state index contributed by atoms with van der Waals surface area (Å²) < 4.78 is 168.